The Morgan fingerprint density at radius 3 is 2.62 bits per heavy atom. The zero-order valence-corrected chi connectivity index (χ0v) is 10.7. The predicted octanol–water partition coefficient (Wildman–Crippen LogP) is 3.50. The Morgan fingerprint density at radius 1 is 1.38 bits per heavy atom. The first-order valence-electron chi connectivity index (χ1n) is 5.53. The first kappa shape index (κ1) is 11.5. The fourth-order valence-corrected chi connectivity index (χ4v) is 2.48. The second-order valence-corrected chi connectivity index (χ2v) is 4.82. The van der Waals surface area contributed by atoms with Gasteiger partial charge in [-0.15, -0.1) is 0 Å². The molecule has 3 heteroatoms. The number of benzene rings is 1. The van der Waals surface area contributed by atoms with Gasteiger partial charge in [0.25, 0.3) is 0 Å². The fraction of sp³-hybridized carbons (Fsp3) is 0.385. The van der Waals surface area contributed by atoms with Crippen LogP contribution in [0.1, 0.15) is 29.7 Å². The highest BCUT2D eigenvalue weighted by Gasteiger charge is 2.15. The first-order chi connectivity index (χ1) is 7.56. The van der Waals surface area contributed by atoms with Crippen molar-refractivity contribution in [2.45, 2.75) is 26.7 Å². The third-order valence-electron chi connectivity index (χ3n) is 3.25. The lowest BCUT2D eigenvalue weighted by Gasteiger charge is -2.07. The standard InChI is InChI=1S/C13H17ClN2/c1-7-4-5-10(14)11-9(3)12(8(2)6-15)16-13(7)11/h4-5,8,16H,6,15H2,1-3H3. The van der Waals surface area contributed by atoms with Crippen molar-refractivity contribution in [3.8, 4) is 0 Å². The molecular weight excluding hydrogens is 220 g/mol. The van der Waals surface area contributed by atoms with E-state index in [-0.39, 0.29) is 0 Å². The van der Waals surface area contributed by atoms with Gasteiger partial charge in [-0.25, -0.2) is 0 Å². The summed E-state index contributed by atoms with van der Waals surface area (Å²) in [5.41, 5.74) is 10.5. The number of fused-ring (bicyclic) bond motifs is 1. The molecule has 3 N–H and O–H groups in total. The lowest BCUT2D eigenvalue weighted by Crippen LogP contribution is -2.10. The van der Waals surface area contributed by atoms with E-state index >= 15 is 0 Å². The van der Waals surface area contributed by atoms with Crippen LogP contribution in [0.15, 0.2) is 12.1 Å². The molecule has 0 aliphatic rings. The van der Waals surface area contributed by atoms with Gasteiger partial charge in [0, 0.05) is 23.5 Å². The van der Waals surface area contributed by atoms with Crippen LogP contribution >= 0.6 is 11.6 Å². The molecule has 2 rings (SSSR count). The van der Waals surface area contributed by atoms with Crippen molar-refractivity contribution in [1.29, 1.82) is 0 Å². The van der Waals surface area contributed by atoms with E-state index in [1.807, 2.05) is 12.1 Å². The molecule has 0 radical (unpaired) electrons. The smallest absolute Gasteiger partial charge is 0.0503 e. The number of hydrogen-bond donors (Lipinski definition) is 2. The van der Waals surface area contributed by atoms with Crippen LogP contribution in [0.5, 0.6) is 0 Å². The van der Waals surface area contributed by atoms with Crippen molar-refractivity contribution < 1.29 is 0 Å². The molecular formula is C13H17ClN2. The minimum Gasteiger partial charge on any atom is -0.358 e. The van der Waals surface area contributed by atoms with Gasteiger partial charge in [-0.2, -0.15) is 0 Å². The summed E-state index contributed by atoms with van der Waals surface area (Å²) in [6.07, 6.45) is 0. The lowest BCUT2D eigenvalue weighted by atomic mass is 10.0. The maximum atomic E-state index is 6.24. The van der Waals surface area contributed by atoms with E-state index in [1.165, 1.54) is 16.8 Å². The second-order valence-electron chi connectivity index (χ2n) is 4.41. The van der Waals surface area contributed by atoms with E-state index in [0.717, 1.165) is 15.9 Å². The molecule has 1 aromatic carbocycles. The van der Waals surface area contributed by atoms with Crippen molar-refractivity contribution in [3.05, 3.63) is 34.0 Å². The van der Waals surface area contributed by atoms with Crippen molar-refractivity contribution in [3.63, 3.8) is 0 Å². The summed E-state index contributed by atoms with van der Waals surface area (Å²) in [6, 6.07) is 3.99. The Bertz CT molecular complexity index is 528. The van der Waals surface area contributed by atoms with E-state index in [1.54, 1.807) is 0 Å². The summed E-state index contributed by atoms with van der Waals surface area (Å²) in [6.45, 7) is 6.96. The molecule has 0 bridgehead atoms. The maximum absolute atomic E-state index is 6.24. The predicted molar refractivity (Wildman–Crippen MR) is 70.3 cm³/mol. The van der Waals surface area contributed by atoms with Gasteiger partial charge in [0.05, 0.1) is 10.5 Å². The highest BCUT2D eigenvalue weighted by atomic mass is 35.5. The lowest BCUT2D eigenvalue weighted by molar-refractivity contribution is 0.748. The third-order valence-corrected chi connectivity index (χ3v) is 3.56. The first-order valence-corrected chi connectivity index (χ1v) is 5.91. The molecule has 0 spiro atoms. The minimum atomic E-state index is 0.336. The average molecular weight is 237 g/mol. The summed E-state index contributed by atoms with van der Waals surface area (Å²) in [5, 5.41) is 1.95. The van der Waals surface area contributed by atoms with Crippen LogP contribution in [0.25, 0.3) is 10.9 Å². The van der Waals surface area contributed by atoms with Crippen LogP contribution in [0.2, 0.25) is 5.02 Å². The van der Waals surface area contributed by atoms with E-state index in [4.69, 9.17) is 17.3 Å². The molecule has 0 aliphatic carbocycles. The zero-order chi connectivity index (χ0) is 11.9. The number of hydrogen-bond acceptors (Lipinski definition) is 1. The molecule has 86 valence electrons. The van der Waals surface area contributed by atoms with Gasteiger partial charge in [0.2, 0.25) is 0 Å². The molecule has 0 amide bonds. The van der Waals surface area contributed by atoms with Gasteiger partial charge in [-0.3, -0.25) is 0 Å². The quantitative estimate of drug-likeness (QED) is 0.824. The summed E-state index contributed by atoms with van der Waals surface area (Å²) >= 11 is 6.24. The van der Waals surface area contributed by atoms with Crippen LogP contribution in [0, 0.1) is 13.8 Å². The fourth-order valence-electron chi connectivity index (χ4n) is 2.18. The maximum Gasteiger partial charge on any atom is 0.0503 e. The van der Waals surface area contributed by atoms with Gasteiger partial charge in [-0.05, 0) is 31.0 Å². The molecule has 1 atom stereocenters. The van der Waals surface area contributed by atoms with Gasteiger partial charge in [0.1, 0.15) is 0 Å². The third kappa shape index (κ3) is 1.62. The van der Waals surface area contributed by atoms with Gasteiger partial charge >= 0.3 is 0 Å². The molecule has 1 aromatic heterocycles. The summed E-state index contributed by atoms with van der Waals surface area (Å²) < 4.78 is 0. The van der Waals surface area contributed by atoms with Crippen LogP contribution in [-0.4, -0.2) is 11.5 Å². The summed E-state index contributed by atoms with van der Waals surface area (Å²) in [4.78, 5) is 3.46. The number of aromatic amines is 1. The molecule has 0 fully saturated rings. The van der Waals surface area contributed by atoms with Crippen molar-refractivity contribution >= 4 is 22.5 Å². The number of halogens is 1. The molecule has 16 heavy (non-hydrogen) atoms. The number of H-pyrrole nitrogens is 1. The summed E-state index contributed by atoms with van der Waals surface area (Å²) in [7, 11) is 0. The van der Waals surface area contributed by atoms with Crippen molar-refractivity contribution in [1.82, 2.24) is 4.98 Å². The molecule has 1 heterocycles. The van der Waals surface area contributed by atoms with Gasteiger partial charge in [-0.1, -0.05) is 24.6 Å². The van der Waals surface area contributed by atoms with Crippen LogP contribution in [0.3, 0.4) is 0 Å². The molecule has 0 aliphatic heterocycles. The van der Waals surface area contributed by atoms with Crippen LogP contribution < -0.4 is 5.73 Å². The van der Waals surface area contributed by atoms with E-state index in [2.05, 4.69) is 25.8 Å². The van der Waals surface area contributed by atoms with E-state index in [9.17, 15) is 0 Å². The Balaban J connectivity index is 2.77. The number of aromatic nitrogens is 1. The Kier molecular flexibility index (Phi) is 2.96. The SMILES string of the molecule is Cc1ccc(Cl)c2c(C)c(C(C)CN)[nH]c12. The highest BCUT2D eigenvalue weighted by molar-refractivity contribution is 6.35. The topological polar surface area (TPSA) is 41.8 Å². The minimum absolute atomic E-state index is 0.336. The van der Waals surface area contributed by atoms with Crippen LogP contribution in [0.4, 0.5) is 0 Å². The summed E-state index contributed by atoms with van der Waals surface area (Å²) in [5.74, 6) is 0.336. The normalized spacial score (nSPS) is 13.3. The highest BCUT2D eigenvalue weighted by Crippen LogP contribution is 2.33. The van der Waals surface area contributed by atoms with Crippen LogP contribution in [-0.2, 0) is 0 Å². The largest absolute Gasteiger partial charge is 0.358 e. The molecule has 1 unspecified atom stereocenters. The molecule has 0 saturated carbocycles. The number of aryl methyl sites for hydroxylation is 2. The van der Waals surface area contributed by atoms with E-state index in [0.29, 0.717) is 12.5 Å². The second kappa shape index (κ2) is 4.11. The Morgan fingerprint density at radius 2 is 2.06 bits per heavy atom. The number of rotatable bonds is 2. The van der Waals surface area contributed by atoms with Crippen molar-refractivity contribution in [2.24, 2.45) is 5.73 Å². The zero-order valence-electron chi connectivity index (χ0n) is 9.89. The van der Waals surface area contributed by atoms with Gasteiger partial charge < -0.3 is 10.7 Å². The monoisotopic (exact) mass is 236 g/mol. The molecule has 0 saturated heterocycles. The number of nitrogens with one attached hydrogen (secondary N) is 1. The average Bonchev–Trinajstić information content (AvgIpc) is 2.62. The van der Waals surface area contributed by atoms with E-state index < -0.39 is 0 Å². The molecule has 2 aromatic rings. The van der Waals surface area contributed by atoms with Crippen molar-refractivity contribution in [2.75, 3.05) is 6.54 Å². The Hall–Kier alpha value is -0.990. The molecule has 2 nitrogen and oxygen atoms in total. The Labute approximate surface area is 101 Å². The van der Waals surface area contributed by atoms with Gasteiger partial charge in [0.15, 0.2) is 0 Å². The number of nitrogens with two attached hydrogens (primary N) is 1.